The largest absolute Gasteiger partial charge is 0.493 e. The second-order valence-corrected chi connectivity index (χ2v) is 10.3. The predicted octanol–water partition coefficient (Wildman–Crippen LogP) is 6.10. The summed E-state index contributed by atoms with van der Waals surface area (Å²) in [5, 5.41) is 4.37. The zero-order valence-corrected chi connectivity index (χ0v) is 23.0. The summed E-state index contributed by atoms with van der Waals surface area (Å²) in [7, 11) is 3.07. The smallest absolute Gasteiger partial charge is 0.336 e. The van der Waals surface area contributed by atoms with Crippen LogP contribution in [0.4, 0.5) is 4.79 Å². The highest BCUT2D eigenvalue weighted by Crippen LogP contribution is 2.55. The summed E-state index contributed by atoms with van der Waals surface area (Å²) in [5.74, 6) is 1.16. The molecule has 0 unspecified atom stereocenters. The molecule has 1 saturated carbocycles. The van der Waals surface area contributed by atoms with Crippen LogP contribution in [-0.4, -0.2) is 31.1 Å². The lowest BCUT2D eigenvalue weighted by Crippen LogP contribution is -2.49. The highest BCUT2D eigenvalue weighted by Gasteiger charge is 2.47. The van der Waals surface area contributed by atoms with Gasteiger partial charge in [-0.05, 0) is 65.1 Å². The van der Waals surface area contributed by atoms with Crippen molar-refractivity contribution in [2.75, 3.05) is 14.2 Å². The van der Waals surface area contributed by atoms with E-state index in [-0.39, 0.29) is 12.0 Å². The number of nitrogens with one attached hydrogen (secondary N) is 2. The van der Waals surface area contributed by atoms with Crippen LogP contribution in [0.3, 0.4) is 0 Å². The van der Waals surface area contributed by atoms with Gasteiger partial charge in [0.15, 0.2) is 11.5 Å². The van der Waals surface area contributed by atoms with Gasteiger partial charge in [-0.25, -0.2) is 9.80 Å². The van der Waals surface area contributed by atoms with Gasteiger partial charge in [-0.15, -0.1) is 0 Å². The van der Waals surface area contributed by atoms with Crippen LogP contribution in [0, 0.1) is 5.92 Å². The molecule has 3 aromatic carbocycles. The van der Waals surface area contributed by atoms with Gasteiger partial charge in [-0.2, -0.15) is 0 Å². The molecule has 0 spiro atoms. The minimum atomic E-state index is -0.457. The molecule has 0 heterocycles. The minimum Gasteiger partial charge on any atom is -0.493 e. The van der Waals surface area contributed by atoms with Crippen LogP contribution in [-0.2, 0) is 18.6 Å². The molecule has 2 N–H and O–H groups in total. The number of rotatable bonds is 9. The SMILES string of the molecule is CNC(=O)N(Cc1ccc(OCc2ccccc2)c(OC)c1)NC(=O)c1ccc(C2(C(C)C)CC2)c(Cl)c1. The molecule has 3 aromatic rings. The van der Waals surface area contributed by atoms with Gasteiger partial charge >= 0.3 is 6.03 Å². The Kier molecular flexibility index (Phi) is 8.47. The molecule has 3 amide bonds. The normalized spacial score (nSPS) is 13.5. The van der Waals surface area contributed by atoms with Gasteiger partial charge in [0, 0.05) is 17.6 Å². The van der Waals surface area contributed by atoms with Gasteiger partial charge in [0.25, 0.3) is 5.91 Å². The molecule has 4 rings (SSSR count). The Labute approximate surface area is 229 Å². The number of hydrogen-bond acceptors (Lipinski definition) is 4. The van der Waals surface area contributed by atoms with Crippen molar-refractivity contribution in [2.45, 2.75) is 45.3 Å². The maximum atomic E-state index is 13.1. The van der Waals surface area contributed by atoms with Crippen molar-refractivity contribution in [3.05, 3.63) is 94.0 Å². The van der Waals surface area contributed by atoms with E-state index in [0.717, 1.165) is 29.5 Å². The Morgan fingerprint density at radius 3 is 2.34 bits per heavy atom. The maximum Gasteiger partial charge on any atom is 0.336 e. The van der Waals surface area contributed by atoms with E-state index in [1.807, 2.05) is 42.5 Å². The van der Waals surface area contributed by atoms with Crippen molar-refractivity contribution < 1.29 is 19.1 Å². The van der Waals surface area contributed by atoms with E-state index >= 15 is 0 Å². The fourth-order valence-corrected chi connectivity index (χ4v) is 5.05. The average molecular weight is 536 g/mol. The third-order valence-electron chi connectivity index (χ3n) is 7.16. The molecule has 7 nitrogen and oxygen atoms in total. The van der Waals surface area contributed by atoms with Crippen molar-refractivity contribution in [1.82, 2.24) is 15.8 Å². The van der Waals surface area contributed by atoms with E-state index in [0.29, 0.717) is 34.6 Å². The Morgan fingerprint density at radius 1 is 1.00 bits per heavy atom. The second-order valence-electron chi connectivity index (χ2n) is 9.85. The first-order chi connectivity index (χ1) is 18.3. The van der Waals surface area contributed by atoms with Gasteiger partial charge in [-0.1, -0.05) is 67.9 Å². The third kappa shape index (κ3) is 6.05. The van der Waals surface area contributed by atoms with E-state index in [1.54, 1.807) is 31.4 Å². The summed E-state index contributed by atoms with van der Waals surface area (Å²) in [6, 6.07) is 20.2. The quantitative estimate of drug-likeness (QED) is 0.324. The van der Waals surface area contributed by atoms with Gasteiger partial charge in [0.05, 0.1) is 13.7 Å². The molecule has 0 radical (unpaired) electrons. The maximum absolute atomic E-state index is 13.1. The number of nitrogens with zero attached hydrogens (tertiary/aromatic N) is 1. The number of carbonyl (C=O) groups excluding carboxylic acids is 2. The summed E-state index contributed by atoms with van der Waals surface area (Å²) >= 11 is 6.61. The number of amides is 3. The van der Waals surface area contributed by atoms with E-state index in [2.05, 4.69) is 24.6 Å². The molecule has 38 heavy (non-hydrogen) atoms. The molecular weight excluding hydrogens is 502 g/mol. The number of urea groups is 1. The number of benzene rings is 3. The summed E-state index contributed by atoms with van der Waals surface area (Å²) in [6.45, 7) is 4.91. The van der Waals surface area contributed by atoms with E-state index in [1.165, 1.54) is 12.1 Å². The molecule has 0 aromatic heterocycles. The molecule has 8 heteroatoms. The molecule has 1 aliphatic rings. The minimum absolute atomic E-state index is 0.0935. The standard InChI is InChI=1S/C30H34ClN3O4/c1-20(2)30(14-15-30)24-12-11-23(17-25(24)31)28(35)33-34(29(36)32-3)18-22-10-13-26(27(16-22)37-4)38-19-21-8-6-5-7-9-21/h5-13,16-17,20H,14-15,18-19H2,1-4H3,(H,32,36)(H,33,35). The van der Waals surface area contributed by atoms with E-state index < -0.39 is 11.9 Å². The monoisotopic (exact) mass is 535 g/mol. The molecule has 0 aliphatic heterocycles. The van der Waals surface area contributed by atoms with Crippen LogP contribution in [0.2, 0.25) is 5.02 Å². The average Bonchev–Trinajstić information content (AvgIpc) is 3.74. The summed E-state index contributed by atoms with van der Waals surface area (Å²) in [6.07, 6.45) is 2.19. The first-order valence-corrected chi connectivity index (χ1v) is 13.1. The second kappa shape index (κ2) is 11.8. The van der Waals surface area contributed by atoms with Crippen molar-refractivity contribution >= 4 is 23.5 Å². The fourth-order valence-electron chi connectivity index (χ4n) is 4.68. The Balaban J connectivity index is 1.46. The lowest BCUT2D eigenvalue weighted by Gasteiger charge is -2.24. The number of methoxy groups -OCH3 is 1. The highest BCUT2D eigenvalue weighted by atomic mass is 35.5. The molecular formula is C30H34ClN3O4. The van der Waals surface area contributed by atoms with Crippen molar-refractivity contribution in [2.24, 2.45) is 5.92 Å². The van der Waals surface area contributed by atoms with Gasteiger partial charge in [-0.3, -0.25) is 10.2 Å². The number of halogens is 1. The van der Waals surface area contributed by atoms with Gasteiger partial charge < -0.3 is 14.8 Å². The Morgan fingerprint density at radius 2 is 1.74 bits per heavy atom. The van der Waals surface area contributed by atoms with Crippen LogP contribution >= 0.6 is 11.6 Å². The summed E-state index contributed by atoms with van der Waals surface area (Å²) < 4.78 is 11.4. The number of hydrogen-bond donors (Lipinski definition) is 2. The summed E-state index contributed by atoms with van der Waals surface area (Å²) in [4.78, 5) is 25.7. The Hall–Kier alpha value is -3.71. The molecule has 1 aliphatic carbocycles. The predicted molar refractivity (Wildman–Crippen MR) is 148 cm³/mol. The van der Waals surface area contributed by atoms with E-state index in [9.17, 15) is 9.59 Å². The first-order valence-electron chi connectivity index (χ1n) is 12.7. The van der Waals surface area contributed by atoms with Gasteiger partial charge in [0.1, 0.15) is 6.61 Å². The topological polar surface area (TPSA) is 79.9 Å². The van der Waals surface area contributed by atoms with Crippen molar-refractivity contribution in [1.29, 1.82) is 0 Å². The number of carbonyl (C=O) groups is 2. The fraction of sp³-hybridized carbons (Fsp3) is 0.333. The summed E-state index contributed by atoms with van der Waals surface area (Å²) in [5.41, 5.74) is 6.05. The first kappa shape index (κ1) is 27.3. The van der Waals surface area contributed by atoms with E-state index in [4.69, 9.17) is 21.1 Å². The Bertz CT molecular complexity index is 1290. The lowest BCUT2D eigenvalue weighted by atomic mass is 9.84. The molecule has 200 valence electrons. The van der Waals surface area contributed by atoms with Crippen LogP contribution in [0.5, 0.6) is 11.5 Å². The van der Waals surface area contributed by atoms with Crippen LogP contribution in [0.1, 0.15) is 53.7 Å². The molecule has 0 atom stereocenters. The third-order valence-corrected chi connectivity index (χ3v) is 7.48. The number of hydrazine groups is 1. The zero-order chi connectivity index (χ0) is 27.3. The molecule has 0 saturated heterocycles. The number of ether oxygens (including phenoxy) is 2. The van der Waals surface area contributed by atoms with Crippen LogP contribution < -0.4 is 20.2 Å². The van der Waals surface area contributed by atoms with Crippen LogP contribution in [0.25, 0.3) is 0 Å². The van der Waals surface area contributed by atoms with Gasteiger partial charge in [0.2, 0.25) is 0 Å². The molecule has 1 fully saturated rings. The van der Waals surface area contributed by atoms with Crippen molar-refractivity contribution in [3.8, 4) is 11.5 Å². The highest BCUT2D eigenvalue weighted by molar-refractivity contribution is 6.32. The van der Waals surface area contributed by atoms with Crippen molar-refractivity contribution in [3.63, 3.8) is 0 Å². The molecule has 0 bridgehead atoms. The zero-order valence-electron chi connectivity index (χ0n) is 22.2. The lowest BCUT2D eigenvalue weighted by molar-refractivity contribution is 0.0819. The van der Waals surface area contributed by atoms with Crippen LogP contribution in [0.15, 0.2) is 66.7 Å².